The molecule has 0 radical (unpaired) electrons. The molecule has 0 saturated carbocycles. The zero-order chi connectivity index (χ0) is 13.2. The van der Waals surface area contributed by atoms with E-state index in [1.54, 1.807) is 6.33 Å². The predicted molar refractivity (Wildman–Crippen MR) is 73.3 cm³/mol. The smallest absolute Gasteiger partial charge is 0.263 e. The van der Waals surface area contributed by atoms with Crippen LogP contribution in [0.2, 0.25) is 0 Å². The van der Waals surface area contributed by atoms with Crippen molar-refractivity contribution in [3.05, 3.63) is 12.0 Å². The van der Waals surface area contributed by atoms with Crippen LogP contribution in [0.4, 0.5) is 5.82 Å². The molecule has 1 fully saturated rings. The van der Waals surface area contributed by atoms with Gasteiger partial charge in [-0.15, -0.1) is 0 Å². The normalized spacial score (nSPS) is 17.3. The van der Waals surface area contributed by atoms with Crippen LogP contribution in [0.15, 0.2) is 10.9 Å². The Morgan fingerprint density at radius 3 is 2.74 bits per heavy atom. The minimum atomic E-state index is 0.582. The minimum Gasteiger partial charge on any atom is -0.353 e. The van der Waals surface area contributed by atoms with Gasteiger partial charge in [0, 0.05) is 26.2 Å². The maximum absolute atomic E-state index is 5.20. The summed E-state index contributed by atoms with van der Waals surface area (Å²) in [5.41, 5.74) is 1.44. The van der Waals surface area contributed by atoms with Crippen LogP contribution in [-0.2, 0) is 0 Å². The number of piperazine rings is 1. The average molecular weight is 261 g/mol. The van der Waals surface area contributed by atoms with Gasteiger partial charge < -0.3 is 9.42 Å². The number of aromatic nitrogens is 3. The lowest BCUT2D eigenvalue weighted by molar-refractivity contribution is 0.258. The number of nitrogens with zero attached hydrogens (tertiary/aromatic N) is 5. The van der Waals surface area contributed by atoms with Crippen LogP contribution >= 0.6 is 0 Å². The molecule has 0 aromatic carbocycles. The molecule has 0 amide bonds. The maximum Gasteiger partial charge on any atom is 0.263 e. The standard InChI is InChI=1S/C13H19N5O/c1-3-4-17-5-7-18(8-6-17)12-11-10(2)16-19-13(11)15-9-14-12/h9H,3-8H2,1-2H3. The molecule has 2 aromatic heterocycles. The molecule has 0 bridgehead atoms. The monoisotopic (exact) mass is 261 g/mol. The van der Waals surface area contributed by atoms with Crippen LogP contribution in [0.1, 0.15) is 19.0 Å². The molecule has 1 aliphatic heterocycles. The highest BCUT2D eigenvalue weighted by Gasteiger charge is 2.21. The molecule has 102 valence electrons. The summed E-state index contributed by atoms with van der Waals surface area (Å²) in [7, 11) is 0. The zero-order valence-corrected chi connectivity index (χ0v) is 11.5. The largest absolute Gasteiger partial charge is 0.353 e. The Kier molecular flexibility index (Phi) is 3.33. The van der Waals surface area contributed by atoms with E-state index in [1.165, 1.54) is 13.0 Å². The Bertz CT molecular complexity index is 559. The van der Waals surface area contributed by atoms with Crippen LogP contribution in [0.5, 0.6) is 0 Å². The van der Waals surface area contributed by atoms with Gasteiger partial charge in [-0.3, -0.25) is 4.90 Å². The highest BCUT2D eigenvalue weighted by molar-refractivity contribution is 5.87. The van der Waals surface area contributed by atoms with Crippen molar-refractivity contribution in [1.29, 1.82) is 0 Å². The van der Waals surface area contributed by atoms with Crippen molar-refractivity contribution < 1.29 is 4.52 Å². The molecule has 0 atom stereocenters. The molecule has 6 heteroatoms. The Hall–Kier alpha value is -1.69. The second kappa shape index (κ2) is 5.13. The van der Waals surface area contributed by atoms with Gasteiger partial charge in [-0.2, -0.15) is 4.98 Å². The van der Waals surface area contributed by atoms with Gasteiger partial charge in [0.25, 0.3) is 5.71 Å². The lowest BCUT2D eigenvalue weighted by atomic mass is 10.2. The van der Waals surface area contributed by atoms with Gasteiger partial charge in [0.05, 0.1) is 5.69 Å². The Balaban J connectivity index is 1.84. The Morgan fingerprint density at radius 1 is 1.21 bits per heavy atom. The molecular formula is C13H19N5O. The third kappa shape index (κ3) is 2.28. The molecular weight excluding hydrogens is 242 g/mol. The molecule has 0 unspecified atom stereocenters. The molecule has 3 heterocycles. The van der Waals surface area contributed by atoms with E-state index >= 15 is 0 Å². The van der Waals surface area contributed by atoms with Crippen LogP contribution < -0.4 is 4.90 Å². The minimum absolute atomic E-state index is 0.582. The van der Waals surface area contributed by atoms with E-state index in [9.17, 15) is 0 Å². The topological polar surface area (TPSA) is 58.3 Å². The number of anilines is 1. The van der Waals surface area contributed by atoms with E-state index in [1.807, 2.05) is 6.92 Å². The number of hydrogen-bond donors (Lipinski definition) is 0. The summed E-state index contributed by atoms with van der Waals surface area (Å²) in [5.74, 6) is 0.958. The first-order chi connectivity index (χ1) is 9.29. The summed E-state index contributed by atoms with van der Waals surface area (Å²) < 4.78 is 5.20. The third-order valence-corrected chi connectivity index (χ3v) is 3.63. The van der Waals surface area contributed by atoms with E-state index < -0.39 is 0 Å². The van der Waals surface area contributed by atoms with Gasteiger partial charge in [0.1, 0.15) is 17.5 Å². The number of rotatable bonds is 3. The van der Waals surface area contributed by atoms with Crippen molar-refractivity contribution in [2.45, 2.75) is 20.3 Å². The summed E-state index contributed by atoms with van der Waals surface area (Å²) in [5, 5.41) is 4.93. The Labute approximate surface area is 112 Å². The maximum atomic E-state index is 5.20. The van der Waals surface area contributed by atoms with E-state index in [4.69, 9.17) is 4.52 Å². The Morgan fingerprint density at radius 2 is 2.00 bits per heavy atom. The van der Waals surface area contributed by atoms with Crippen LogP contribution in [0.25, 0.3) is 11.1 Å². The van der Waals surface area contributed by atoms with Crippen molar-refractivity contribution in [3.63, 3.8) is 0 Å². The third-order valence-electron chi connectivity index (χ3n) is 3.63. The van der Waals surface area contributed by atoms with Crippen LogP contribution in [-0.4, -0.2) is 52.7 Å². The molecule has 1 aliphatic rings. The summed E-state index contributed by atoms with van der Waals surface area (Å²) in [6, 6.07) is 0. The van der Waals surface area contributed by atoms with Gasteiger partial charge in [-0.05, 0) is 19.9 Å². The van der Waals surface area contributed by atoms with Gasteiger partial charge >= 0.3 is 0 Å². The number of aryl methyl sites for hydroxylation is 1. The lowest BCUT2D eigenvalue weighted by Gasteiger charge is -2.35. The molecule has 0 aliphatic carbocycles. The second-order valence-electron chi connectivity index (χ2n) is 4.97. The molecule has 19 heavy (non-hydrogen) atoms. The molecule has 0 spiro atoms. The van der Waals surface area contributed by atoms with E-state index in [0.29, 0.717) is 5.71 Å². The fourth-order valence-electron chi connectivity index (χ4n) is 2.64. The summed E-state index contributed by atoms with van der Waals surface area (Å²) in [6.45, 7) is 9.51. The van der Waals surface area contributed by atoms with Crippen LogP contribution in [0.3, 0.4) is 0 Å². The van der Waals surface area contributed by atoms with Gasteiger partial charge in [0.2, 0.25) is 0 Å². The lowest BCUT2D eigenvalue weighted by Crippen LogP contribution is -2.46. The van der Waals surface area contributed by atoms with Crippen molar-refractivity contribution >= 4 is 16.9 Å². The fraction of sp³-hybridized carbons (Fsp3) is 0.615. The molecule has 6 nitrogen and oxygen atoms in total. The first kappa shape index (κ1) is 12.3. The average Bonchev–Trinajstić information content (AvgIpc) is 2.82. The molecule has 0 N–H and O–H groups in total. The van der Waals surface area contributed by atoms with E-state index in [0.717, 1.165) is 43.1 Å². The highest BCUT2D eigenvalue weighted by Crippen LogP contribution is 2.26. The SMILES string of the molecule is CCCN1CCN(c2ncnc3onc(C)c23)CC1. The molecule has 2 aromatic rings. The summed E-state index contributed by atoms with van der Waals surface area (Å²) in [4.78, 5) is 13.4. The summed E-state index contributed by atoms with van der Waals surface area (Å²) >= 11 is 0. The molecule has 1 saturated heterocycles. The first-order valence-electron chi connectivity index (χ1n) is 6.84. The molecule has 3 rings (SSSR count). The quantitative estimate of drug-likeness (QED) is 0.833. The van der Waals surface area contributed by atoms with Crippen molar-refractivity contribution in [2.75, 3.05) is 37.6 Å². The van der Waals surface area contributed by atoms with Crippen molar-refractivity contribution in [1.82, 2.24) is 20.0 Å². The van der Waals surface area contributed by atoms with Crippen molar-refractivity contribution in [2.24, 2.45) is 0 Å². The zero-order valence-electron chi connectivity index (χ0n) is 11.5. The summed E-state index contributed by atoms with van der Waals surface area (Å²) in [6.07, 6.45) is 2.77. The van der Waals surface area contributed by atoms with Crippen molar-refractivity contribution in [3.8, 4) is 0 Å². The van der Waals surface area contributed by atoms with Gasteiger partial charge in [0.15, 0.2) is 0 Å². The van der Waals surface area contributed by atoms with E-state index in [2.05, 4.69) is 31.8 Å². The number of fused-ring (bicyclic) bond motifs is 1. The predicted octanol–water partition coefficient (Wildman–Crippen LogP) is 1.46. The van der Waals surface area contributed by atoms with Gasteiger partial charge in [-0.25, -0.2) is 4.98 Å². The second-order valence-corrected chi connectivity index (χ2v) is 4.97. The number of hydrogen-bond acceptors (Lipinski definition) is 6. The van der Waals surface area contributed by atoms with E-state index in [-0.39, 0.29) is 0 Å². The highest BCUT2D eigenvalue weighted by atomic mass is 16.5. The van der Waals surface area contributed by atoms with Crippen LogP contribution in [0, 0.1) is 6.92 Å². The first-order valence-corrected chi connectivity index (χ1v) is 6.84. The fourth-order valence-corrected chi connectivity index (χ4v) is 2.64. The van der Waals surface area contributed by atoms with Gasteiger partial charge in [-0.1, -0.05) is 12.1 Å².